The summed E-state index contributed by atoms with van der Waals surface area (Å²) in [5, 5.41) is 12.7. The van der Waals surface area contributed by atoms with Crippen LogP contribution < -0.4 is 5.32 Å². The molecule has 0 atom stereocenters. The molecule has 1 aromatic heterocycles. The van der Waals surface area contributed by atoms with Crippen molar-refractivity contribution in [1.29, 1.82) is 0 Å². The van der Waals surface area contributed by atoms with Crippen LogP contribution in [-0.4, -0.2) is 29.8 Å². The maximum Gasteiger partial charge on any atom is 0.272 e. The van der Waals surface area contributed by atoms with Gasteiger partial charge in [0.25, 0.3) is 5.91 Å². The minimum absolute atomic E-state index is 0.0102. The molecule has 0 aliphatic rings. The third kappa shape index (κ3) is 3.46. The highest BCUT2D eigenvalue weighted by molar-refractivity contribution is 7.91. The van der Waals surface area contributed by atoms with Crippen molar-refractivity contribution in [3.8, 4) is 5.75 Å². The van der Waals surface area contributed by atoms with E-state index in [9.17, 15) is 18.3 Å². The number of sulfone groups is 1. The van der Waals surface area contributed by atoms with Crippen molar-refractivity contribution >= 4 is 44.6 Å². The number of halogens is 2. The van der Waals surface area contributed by atoms with Crippen LogP contribution in [-0.2, 0) is 16.9 Å². The lowest BCUT2D eigenvalue weighted by atomic mass is 10.3. The van der Waals surface area contributed by atoms with E-state index in [-0.39, 0.29) is 38.0 Å². The summed E-state index contributed by atoms with van der Waals surface area (Å²) in [5.41, 5.74) is 0.154. The normalized spacial score (nSPS) is 11.5. The Hall–Kier alpha value is -1.70. The molecule has 0 bridgehead atoms. The predicted molar refractivity (Wildman–Crippen MR) is 89.2 cm³/mol. The van der Waals surface area contributed by atoms with Gasteiger partial charge in [0.15, 0.2) is 9.84 Å². The second kappa shape index (κ2) is 6.43. The third-order valence-corrected chi connectivity index (χ3v) is 5.88. The number of rotatable bonds is 4. The van der Waals surface area contributed by atoms with Crippen LogP contribution in [0.25, 0.3) is 0 Å². The first-order chi connectivity index (χ1) is 10.7. The molecule has 2 rings (SSSR count). The highest BCUT2D eigenvalue weighted by atomic mass is 35.5. The van der Waals surface area contributed by atoms with E-state index in [4.69, 9.17) is 23.2 Å². The fourth-order valence-corrected chi connectivity index (χ4v) is 3.20. The van der Waals surface area contributed by atoms with E-state index in [1.165, 1.54) is 35.8 Å². The summed E-state index contributed by atoms with van der Waals surface area (Å²) in [6.07, 6.45) is 0. The van der Waals surface area contributed by atoms with Crippen LogP contribution in [0.4, 0.5) is 5.69 Å². The summed E-state index contributed by atoms with van der Waals surface area (Å²) in [4.78, 5) is 12.3. The average Bonchev–Trinajstić information content (AvgIpc) is 2.77. The van der Waals surface area contributed by atoms with Crippen LogP contribution in [0, 0.1) is 0 Å². The van der Waals surface area contributed by atoms with E-state index in [1.807, 2.05) is 0 Å². The van der Waals surface area contributed by atoms with Gasteiger partial charge in [-0.3, -0.25) is 4.79 Å². The van der Waals surface area contributed by atoms with Gasteiger partial charge in [0.2, 0.25) is 0 Å². The number of anilines is 1. The van der Waals surface area contributed by atoms with Gasteiger partial charge in [0.1, 0.15) is 16.6 Å². The summed E-state index contributed by atoms with van der Waals surface area (Å²) in [5.74, 6) is -0.920. The number of nitrogens with zero attached hydrogens (tertiary/aromatic N) is 1. The number of benzene rings is 1. The number of carbonyl (C=O) groups excluding carboxylic acids is 1. The lowest BCUT2D eigenvalue weighted by Gasteiger charge is -2.10. The molecule has 1 amide bonds. The van der Waals surface area contributed by atoms with Gasteiger partial charge in [-0.2, -0.15) is 0 Å². The Labute approximate surface area is 143 Å². The van der Waals surface area contributed by atoms with Gasteiger partial charge in [-0.1, -0.05) is 30.1 Å². The molecule has 0 unspecified atom stereocenters. The molecule has 124 valence electrons. The molecule has 0 aliphatic heterocycles. The third-order valence-electron chi connectivity index (χ3n) is 3.30. The lowest BCUT2D eigenvalue weighted by Crippen LogP contribution is -2.16. The summed E-state index contributed by atoms with van der Waals surface area (Å²) < 4.78 is 25.2. The summed E-state index contributed by atoms with van der Waals surface area (Å²) in [6, 6.07) is 5.07. The average molecular weight is 377 g/mol. The topological polar surface area (TPSA) is 88.4 Å². The van der Waals surface area contributed by atoms with Crippen molar-refractivity contribution in [2.45, 2.75) is 11.8 Å². The summed E-state index contributed by atoms with van der Waals surface area (Å²) >= 11 is 11.8. The van der Waals surface area contributed by atoms with Crippen molar-refractivity contribution < 1.29 is 18.3 Å². The zero-order valence-corrected chi connectivity index (χ0v) is 14.6. The Kier molecular flexibility index (Phi) is 4.93. The Bertz CT molecular complexity index is 875. The van der Waals surface area contributed by atoms with Gasteiger partial charge < -0.3 is 15.0 Å². The number of nitrogens with one attached hydrogen (secondary N) is 1. The van der Waals surface area contributed by atoms with Crippen molar-refractivity contribution in [3.63, 3.8) is 0 Å². The van der Waals surface area contributed by atoms with E-state index in [0.717, 1.165) is 0 Å². The number of carbonyl (C=O) groups is 1. The molecule has 9 heteroatoms. The smallest absolute Gasteiger partial charge is 0.272 e. The fourth-order valence-electron chi connectivity index (χ4n) is 1.92. The first kappa shape index (κ1) is 17.7. The van der Waals surface area contributed by atoms with Gasteiger partial charge in [0.05, 0.1) is 21.4 Å². The molecule has 1 heterocycles. The maximum absolute atomic E-state index is 12.3. The number of hydrogen-bond donors (Lipinski definition) is 2. The Morgan fingerprint density at radius 3 is 2.48 bits per heavy atom. The van der Waals surface area contributed by atoms with Crippen LogP contribution in [0.2, 0.25) is 10.2 Å². The molecule has 0 saturated heterocycles. The summed E-state index contributed by atoms with van der Waals surface area (Å²) in [6.45, 7) is 1.51. The number of hydrogen-bond acceptors (Lipinski definition) is 4. The molecular weight excluding hydrogens is 363 g/mol. The van der Waals surface area contributed by atoms with Crippen molar-refractivity contribution in [3.05, 3.63) is 40.1 Å². The Morgan fingerprint density at radius 1 is 1.30 bits per heavy atom. The molecule has 1 aromatic carbocycles. The molecule has 0 fully saturated rings. The Balaban J connectivity index is 2.38. The van der Waals surface area contributed by atoms with E-state index >= 15 is 0 Å². The molecule has 0 radical (unpaired) electrons. The number of amides is 1. The molecular formula is C14H14Cl2N2O4S. The van der Waals surface area contributed by atoms with E-state index in [0.29, 0.717) is 0 Å². The highest BCUT2D eigenvalue weighted by Gasteiger charge is 2.19. The van der Waals surface area contributed by atoms with Crippen LogP contribution >= 0.6 is 23.2 Å². The first-order valence-electron chi connectivity index (χ1n) is 6.55. The molecule has 0 saturated carbocycles. The van der Waals surface area contributed by atoms with E-state index in [2.05, 4.69) is 5.32 Å². The minimum Gasteiger partial charge on any atom is -0.506 e. The summed E-state index contributed by atoms with van der Waals surface area (Å²) in [7, 11) is -1.90. The first-order valence-corrected chi connectivity index (χ1v) is 8.96. The zero-order chi connectivity index (χ0) is 17.4. The van der Waals surface area contributed by atoms with Crippen LogP contribution in [0.5, 0.6) is 5.75 Å². The van der Waals surface area contributed by atoms with Crippen LogP contribution in [0.1, 0.15) is 17.4 Å². The van der Waals surface area contributed by atoms with Gasteiger partial charge in [0, 0.05) is 7.05 Å². The van der Waals surface area contributed by atoms with Crippen molar-refractivity contribution in [1.82, 2.24) is 4.57 Å². The lowest BCUT2D eigenvalue weighted by molar-refractivity contribution is 0.101. The number of phenolic OH excluding ortho intramolecular Hbond substituents is 1. The van der Waals surface area contributed by atoms with Crippen LogP contribution in [0.15, 0.2) is 29.2 Å². The minimum atomic E-state index is -3.46. The molecule has 23 heavy (non-hydrogen) atoms. The Morgan fingerprint density at radius 2 is 1.96 bits per heavy atom. The quantitative estimate of drug-likeness (QED) is 0.802. The molecule has 6 nitrogen and oxygen atoms in total. The number of aromatic hydroxyl groups is 1. The standard InChI is InChI=1S/C14H14Cl2N2O4S/c1-3-23(21,22)8-4-5-12(19)10(6-8)17-14(20)11-7-9(15)13(16)18(11)2/h4-7,19H,3H2,1-2H3,(H,17,20). The van der Waals surface area contributed by atoms with Crippen LogP contribution in [0.3, 0.4) is 0 Å². The van der Waals surface area contributed by atoms with E-state index < -0.39 is 15.7 Å². The monoisotopic (exact) mass is 376 g/mol. The largest absolute Gasteiger partial charge is 0.506 e. The van der Waals surface area contributed by atoms with Gasteiger partial charge in [-0.25, -0.2) is 8.42 Å². The molecule has 2 N–H and O–H groups in total. The zero-order valence-electron chi connectivity index (χ0n) is 12.3. The second-order valence-electron chi connectivity index (χ2n) is 4.76. The molecule has 2 aromatic rings. The highest BCUT2D eigenvalue weighted by Crippen LogP contribution is 2.29. The molecule has 0 spiro atoms. The van der Waals surface area contributed by atoms with Gasteiger partial charge in [-0.15, -0.1) is 0 Å². The second-order valence-corrected chi connectivity index (χ2v) is 7.81. The maximum atomic E-state index is 12.3. The van der Waals surface area contributed by atoms with Gasteiger partial charge in [-0.05, 0) is 24.3 Å². The fraction of sp³-hybridized carbons (Fsp3) is 0.214. The van der Waals surface area contributed by atoms with Crippen molar-refractivity contribution in [2.75, 3.05) is 11.1 Å². The molecule has 0 aliphatic carbocycles. The predicted octanol–water partition coefficient (Wildman–Crippen LogP) is 3.08. The van der Waals surface area contributed by atoms with Crippen molar-refractivity contribution in [2.24, 2.45) is 7.05 Å². The number of aromatic nitrogens is 1. The number of phenols is 1. The van der Waals surface area contributed by atoms with E-state index in [1.54, 1.807) is 7.05 Å². The SMILES string of the molecule is CCS(=O)(=O)c1ccc(O)c(NC(=O)c2cc(Cl)c(Cl)n2C)c1. The van der Waals surface area contributed by atoms with Gasteiger partial charge >= 0.3 is 0 Å².